The summed E-state index contributed by atoms with van der Waals surface area (Å²) in [5.41, 5.74) is 1.81. The van der Waals surface area contributed by atoms with Crippen LogP contribution in [0.2, 0.25) is 0 Å². The summed E-state index contributed by atoms with van der Waals surface area (Å²) in [6.45, 7) is 8.42. The second kappa shape index (κ2) is 10.3. The molecule has 0 amide bonds. The van der Waals surface area contributed by atoms with Gasteiger partial charge in [-0.1, -0.05) is 56.3 Å². The minimum atomic E-state index is -0.243. The molecule has 0 saturated carbocycles. The molecule has 0 aliphatic rings. The summed E-state index contributed by atoms with van der Waals surface area (Å²) >= 11 is 0. The molecule has 3 aromatic carbocycles. The van der Waals surface area contributed by atoms with Gasteiger partial charge in [-0.3, -0.25) is 0 Å². The Morgan fingerprint density at radius 1 is 0.906 bits per heavy atom. The summed E-state index contributed by atoms with van der Waals surface area (Å²) in [5.74, 6) is 1.23. The zero-order valence-electron chi connectivity index (χ0n) is 18.7. The molecule has 5 heteroatoms. The van der Waals surface area contributed by atoms with Crippen LogP contribution >= 0.6 is 0 Å². The predicted octanol–water partition coefficient (Wildman–Crippen LogP) is 6.24. The van der Waals surface area contributed by atoms with E-state index in [4.69, 9.17) is 9.97 Å². The van der Waals surface area contributed by atoms with E-state index < -0.39 is 0 Å². The third kappa shape index (κ3) is 5.29. The Morgan fingerprint density at radius 3 is 2.34 bits per heavy atom. The molecule has 32 heavy (non-hydrogen) atoms. The Kier molecular flexibility index (Phi) is 7.07. The van der Waals surface area contributed by atoms with Crippen LogP contribution < -0.4 is 5.32 Å². The van der Waals surface area contributed by atoms with Crippen molar-refractivity contribution in [3.8, 4) is 0 Å². The number of nitrogens with one attached hydrogen (secondary N) is 1. The third-order valence-corrected chi connectivity index (χ3v) is 5.71. The molecule has 4 rings (SSSR count). The Hall–Kier alpha value is -3.31. The maximum Gasteiger partial charge on any atom is 0.154 e. The van der Waals surface area contributed by atoms with Gasteiger partial charge in [0.15, 0.2) is 5.82 Å². The smallest absolute Gasteiger partial charge is 0.154 e. The second-order valence-corrected chi connectivity index (χ2v) is 7.84. The minimum absolute atomic E-state index is 0.243. The van der Waals surface area contributed by atoms with Crippen LogP contribution in [-0.2, 0) is 0 Å². The highest BCUT2D eigenvalue weighted by Gasteiger charge is 2.09. The zero-order valence-corrected chi connectivity index (χ0v) is 18.7. The maximum atomic E-state index is 13.2. The molecule has 0 bridgehead atoms. The van der Waals surface area contributed by atoms with E-state index in [1.54, 1.807) is 12.1 Å². The lowest BCUT2D eigenvalue weighted by Crippen LogP contribution is -2.25. The molecule has 0 spiro atoms. The molecule has 0 unspecified atom stereocenters. The molecule has 0 radical (unpaired) electrons. The molecule has 0 saturated heterocycles. The first-order valence-corrected chi connectivity index (χ1v) is 11.3. The van der Waals surface area contributed by atoms with E-state index in [1.165, 1.54) is 17.5 Å². The van der Waals surface area contributed by atoms with Crippen LogP contribution in [0.25, 0.3) is 33.8 Å². The summed E-state index contributed by atoms with van der Waals surface area (Å²) in [6.07, 6.45) is 4.83. The predicted molar refractivity (Wildman–Crippen MR) is 133 cm³/mol. The fourth-order valence-electron chi connectivity index (χ4n) is 3.84. The van der Waals surface area contributed by atoms with Crippen LogP contribution in [0.4, 0.5) is 10.2 Å². The van der Waals surface area contributed by atoms with Gasteiger partial charge in [-0.25, -0.2) is 14.4 Å². The standard InChI is InChI=1S/C27H29FN4/c1-3-32(4-2)17-7-16-29-27-24-18-21-8-5-6-9-22(21)19-25(24)30-26(31-27)15-12-20-10-13-23(28)14-11-20/h5-6,8-15,18-19H,3-4,7,16-17H2,1-2H3,(H,29,30,31). The van der Waals surface area contributed by atoms with Gasteiger partial charge in [0, 0.05) is 11.9 Å². The second-order valence-electron chi connectivity index (χ2n) is 7.84. The lowest BCUT2D eigenvalue weighted by molar-refractivity contribution is 0.303. The van der Waals surface area contributed by atoms with Crippen molar-refractivity contribution in [1.82, 2.24) is 14.9 Å². The van der Waals surface area contributed by atoms with Crippen molar-refractivity contribution in [1.29, 1.82) is 0 Å². The Bertz CT molecular complexity index is 1210. The monoisotopic (exact) mass is 428 g/mol. The number of hydrogen-bond donors (Lipinski definition) is 1. The molecule has 0 aliphatic carbocycles. The number of fused-ring (bicyclic) bond motifs is 2. The van der Waals surface area contributed by atoms with Crippen LogP contribution in [0.15, 0.2) is 60.7 Å². The quantitative estimate of drug-likeness (QED) is 0.253. The molecule has 1 heterocycles. The Labute approximate surface area is 188 Å². The number of benzene rings is 3. The molecular formula is C27H29FN4. The summed E-state index contributed by atoms with van der Waals surface area (Å²) < 4.78 is 13.2. The van der Waals surface area contributed by atoms with Crippen LogP contribution in [0.3, 0.4) is 0 Å². The number of nitrogens with zero attached hydrogens (tertiary/aromatic N) is 3. The van der Waals surface area contributed by atoms with Gasteiger partial charge < -0.3 is 10.2 Å². The van der Waals surface area contributed by atoms with Crippen molar-refractivity contribution in [3.05, 3.63) is 77.9 Å². The average molecular weight is 429 g/mol. The van der Waals surface area contributed by atoms with E-state index in [9.17, 15) is 4.39 Å². The van der Waals surface area contributed by atoms with E-state index in [1.807, 2.05) is 24.3 Å². The van der Waals surface area contributed by atoms with E-state index >= 15 is 0 Å². The summed E-state index contributed by atoms with van der Waals surface area (Å²) in [4.78, 5) is 12.0. The number of anilines is 1. The largest absolute Gasteiger partial charge is 0.369 e. The molecule has 0 aliphatic heterocycles. The fraction of sp³-hybridized carbons (Fsp3) is 0.259. The van der Waals surface area contributed by atoms with E-state index in [0.717, 1.165) is 60.3 Å². The van der Waals surface area contributed by atoms with Crippen LogP contribution in [0.1, 0.15) is 31.7 Å². The summed E-state index contributed by atoms with van der Waals surface area (Å²) in [7, 11) is 0. The molecule has 4 aromatic rings. The number of aromatic nitrogens is 2. The average Bonchev–Trinajstić information content (AvgIpc) is 2.82. The van der Waals surface area contributed by atoms with Crippen molar-refractivity contribution in [2.24, 2.45) is 0 Å². The molecule has 1 N–H and O–H groups in total. The molecule has 0 atom stereocenters. The SMILES string of the molecule is CCN(CC)CCCNc1nc(C=Cc2ccc(F)cc2)nc2cc3ccccc3cc12. The summed E-state index contributed by atoms with van der Waals surface area (Å²) in [6, 6.07) is 19.0. The van der Waals surface area contributed by atoms with Crippen LogP contribution in [-0.4, -0.2) is 41.0 Å². The van der Waals surface area contributed by atoms with E-state index in [-0.39, 0.29) is 5.82 Å². The molecule has 0 fully saturated rings. The lowest BCUT2D eigenvalue weighted by Gasteiger charge is -2.18. The van der Waals surface area contributed by atoms with Crippen molar-refractivity contribution in [3.63, 3.8) is 0 Å². The van der Waals surface area contributed by atoms with Gasteiger partial charge in [-0.2, -0.15) is 0 Å². The molecular weight excluding hydrogens is 399 g/mol. The van der Waals surface area contributed by atoms with Crippen molar-refractivity contribution in [2.45, 2.75) is 20.3 Å². The normalized spacial score (nSPS) is 11.8. The number of rotatable bonds is 9. The maximum absolute atomic E-state index is 13.2. The molecule has 4 nitrogen and oxygen atoms in total. The number of halogens is 1. The highest BCUT2D eigenvalue weighted by Crippen LogP contribution is 2.27. The van der Waals surface area contributed by atoms with Gasteiger partial charge in [0.05, 0.1) is 5.52 Å². The lowest BCUT2D eigenvalue weighted by atomic mass is 10.1. The van der Waals surface area contributed by atoms with Gasteiger partial charge in [-0.05, 0) is 72.7 Å². The Balaban J connectivity index is 1.64. The van der Waals surface area contributed by atoms with Crippen molar-refractivity contribution >= 4 is 39.6 Å². The van der Waals surface area contributed by atoms with Crippen molar-refractivity contribution < 1.29 is 4.39 Å². The highest BCUT2D eigenvalue weighted by atomic mass is 19.1. The topological polar surface area (TPSA) is 41.0 Å². The third-order valence-electron chi connectivity index (χ3n) is 5.71. The minimum Gasteiger partial charge on any atom is -0.369 e. The fourth-order valence-corrected chi connectivity index (χ4v) is 3.84. The Morgan fingerprint density at radius 2 is 1.62 bits per heavy atom. The van der Waals surface area contributed by atoms with E-state index in [0.29, 0.717) is 5.82 Å². The molecule has 164 valence electrons. The molecule has 1 aromatic heterocycles. The number of hydrogen-bond acceptors (Lipinski definition) is 4. The van der Waals surface area contributed by atoms with Gasteiger partial charge in [0.2, 0.25) is 0 Å². The van der Waals surface area contributed by atoms with Gasteiger partial charge in [0.25, 0.3) is 0 Å². The van der Waals surface area contributed by atoms with Crippen LogP contribution in [0, 0.1) is 5.82 Å². The van der Waals surface area contributed by atoms with Gasteiger partial charge in [-0.15, -0.1) is 0 Å². The highest BCUT2D eigenvalue weighted by molar-refractivity contribution is 6.01. The summed E-state index contributed by atoms with van der Waals surface area (Å²) in [5, 5.41) is 6.88. The van der Waals surface area contributed by atoms with E-state index in [2.05, 4.69) is 48.3 Å². The van der Waals surface area contributed by atoms with Gasteiger partial charge >= 0.3 is 0 Å². The zero-order chi connectivity index (χ0) is 22.3. The van der Waals surface area contributed by atoms with Gasteiger partial charge in [0.1, 0.15) is 11.6 Å². The first kappa shape index (κ1) is 21.9. The van der Waals surface area contributed by atoms with Crippen LogP contribution in [0.5, 0.6) is 0 Å². The van der Waals surface area contributed by atoms with Crippen molar-refractivity contribution in [2.75, 3.05) is 31.5 Å². The first-order chi connectivity index (χ1) is 15.7. The first-order valence-electron chi connectivity index (χ1n) is 11.3.